The van der Waals surface area contributed by atoms with Crippen LogP contribution in [0, 0.1) is 0 Å². The van der Waals surface area contributed by atoms with Gasteiger partial charge in [-0.15, -0.1) is 0 Å². The smallest absolute Gasteiger partial charge is 0.225 e. The molecule has 3 unspecified atom stereocenters. The largest absolute Gasteiger partial charge is 0.493 e. The van der Waals surface area contributed by atoms with Gasteiger partial charge in [0.15, 0.2) is 11.5 Å². The number of amides is 1. The van der Waals surface area contributed by atoms with E-state index in [1.807, 2.05) is 12.1 Å². The van der Waals surface area contributed by atoms with Crippen molar-refractivity contribution in [2.75, 3.05) is 7.11 Å². The van der Waals surface area contributed by atoms with Crippen LogP contribution < -0.4 is 15.2 Å². The van der Waals surface area contributed by atoms with Crippen molar-refractivity contribution in [2.24, 2.45) is 5.73 Å². The Morgan fingerprint density at radius 2 is 2.33 bits per heavy atom. The van der Waals surface area contributed by atoms with Gasteiger partial charge in [-0.2, -0.15) is 0 Å². The van der Waals surface area contributed by atoms with Gasteiger partial charge in [0.05, 0.1) is 24.5 Å². The Morgan fingerprint density at radius 1 is 1.54 bits per heavy atom. The molecule has 24 heavy (non-hydrogen) atoms. The molecule has 0 saturated heterocycles. The van der Waals surface area contributed by atoms with Crippen molar-refractivity contribution in [3.05, 3.63) is 33.8 Å². The van der Waals surface area contributed by atoms with E-state index in [0.29, 0.717) is 17.9 Å². The molecule has 0 bridgehead atoms. The molecular formula is C18H20BrNO4. The molecule has 1 aliphatic heterocycles. The minimum Gasteiger partial charge on any atom is -0.493 e. The van der Waals surface area contributed by atoms with E-state index in [1.165, 1.54) is 0 Å². The van der Waals surface area contributed by atoms with Gasteiger partial charge < -0.3 is 20.3 Å². The van der Waals surface area contributed by atoms with E-state index >= 15 is 0 Å². The SMILES string of the molecule is COc1cc(Br)c2c3c1OC1C[C@@H](O)C=CC31CCCC2C(N)=O. The number of carbonyl (C=O) groups excluding carboxylic acids is 1. The molecule has 4 atom stereocenters. The Balaban J connectivity index is 2.03. The molecule has 6 heteroatoms. The minimum absolute atomic E-state index is 0.152. The summed E-state index contributed by atoms with van der Waals surface area (Å²) in [6.45, 7) is 0. The van der Waals surface area contributed by atoms with Crippen LogP contribution in [0.15, 0.2) is 22.7 Å². The quantitative estimate of drug-likeness (QED) is 0.756. The highest BCUT2D eigenvalue weighted by molar-refractivity contribution is 9.10. The van der Waals surface area contributed by atoms with Gasteiger partial charge >= 0.3 is 0 Å². The van der Waals surface area contributed by atoms with E-state index in [9.17, 15) is 9.90 Å². The predicted molar refractivity (Wildman–Crippen MR) is 92.3 cm³/mol. The van der Waals surface area contributed by atoms with Crippen LogP contribution >= 0.6 is 15.9 Å². The molecule has 0 fully saturated rings. The van der Waals surface area contributed by atoms with Crippen molar-refractivity contribution in [1.29, 1.82) is 0 Å². The molecule has 0 radical (unpaired) electrons. The Labute approximate surface area is 148 Å². The fourth-order valence-corrected chi connectivity index (χ4v) is 5.21. The lowest BCUT2D eigenvalue weighted by atomic mass is 9.68. The molecule has 1 spiro atoms. The highest BCUT2D eigenvalue weighted by Gasteiger charge is 2.54. The van der Waals surface area contributed by atoms with Crippen LogP contribution in [0.3, 0.4) is 0 Å². The predicted octanol–water partition coefficient (Wildman–Crippen LogP) is 2.53. The second-order valence-electron chi connectivity index (χ2n) is 6.83. The number of halogens is 1. The maximum Gasteiger partial charge on any atom is 0.225 e. The highest BCUT2D eigenvalue weighted by atomic mass is 79.9. The zero-order valence-electron chi connectivity index (χ0n) is 13.4. The molecule has 128 valence electrons. The zero-order chi connectivity index (χ0) is 17.1. The normalized spacial score (nSPS) is 33.2. The Bertz CT molecular complexity index is 747. The number of primary amides is 1. The highest BCUT2D eigenvalue weighted by Crippen LogP contribution is 2.59. The molecule has 0 aromatic heterocycles. The summed E-state index contributed by atoms with van der Waals surface area (Å²) in [5.74, 6) is 0.666. The number of benzene rings is 1. The first-order valence-electron chi connectivity index (χ1n) is 8.22. The van der Waals surface area contributed by atoms with Gasteiger partial charge in [-0.05, 0) is 24.5 Å². The van der Waals surface area contributed by atoms with E-state index < -0.39 is 6.10 Å². The maximum absolute atomic E-state index is 12.1. The number of carbonyl (C=O) groups is 1. The fraction of sp³-hybridized carbons (Fsp3) is 0.500. The molecule has 1 aromatic rings. The van der Waals surface area contributed by atoms with Crippen molar-refractivity contribution >= 4 is 21.8 Å². The number of hydrogen-bond donors (Lipinski definition) is 2. The first-order chi connectivity index (χ1) is 11.5. The summed E-state index contributed by atoms with van der Waals surface area (Å²) < 4.78 is 12.6. The van der Waals surface area contributed by atoms with E-state index in [2.05, 4.69) is 22.0 Å². The summed E-state index contributed by atoms with van der Waals surface area (Å²) in [5, 5.41) is 10.0. The number of hydrogen-bond acceptors (Lipinski definition) is 4. The topological polar surface area (TPSA) is 81.8 Å². The summed E-state index contributed by atoms with van der Waals surface area (Å²) in [6, 6.07) is 1.85. The second-order valence-corrected chi connectivity index (χ2v) is 7.69. The zero-order valence-corrected chi connectivity index (χ0v) is 15.0. The number of rotatable bonds is 2. The average Bonchev–Trinajstić information content (AvgIpc) is 2.75. The molecule has 3 aliphatic rings. The molecule has 3 N–H and O–H groups in total. The summed E-state index contributed by atoms with van der Waals surface area (Å²) in [5.41, 5.74) is 7.30. The van der Waals surface area contributed by atoms with Gasteiger partial charge in [0, 0.05) is 16.5 Å². The number of methoxy groups -OCH3 is 1. The van der Waals surface area contributed by atoms with Crippen molar-refractivity contribution in [3.63, 3.8) is 0 Å². The third-order valence-corrected chi connectivity index (χ3v) is 6.26. The van der Waals surface area contributed by atoms with E-state index in [1.54, 1.807) is 7.11 Å². The first kappa shape index (κ1) is 16.0. The average molecular weight is 394 g/mol. The van der Waals surface area contributed by atoms with Crippen molar-refractivity contribution in [1.82, 2.24) is 0 Å². The third-order valence-electron chi connectivity index (χ3n) is 5.60. The molecule has 1 aromatic carbocycles. The second kappa shape index (κ2) is 5.49. The van der Waals surface area contributed by atoms with Crippen molar-refractivity contribution < 1.29 is 19.4 Å². The van der Waals surface area contributed by atoms with Gasteiger partial charge in [0.1, 0.15) is 6.10 Å². The standard InChI is InChI=1S/C18H20BrNO4/c1-23-12-8-11(19)14-10(17(20)22)3-2-5-18-6-4-9(21)7-13(18)24-16(12)15(14)18/h4,6,8-10,13,21H,2-3,5,7H2,1H3,(H2,20,22)/t9-,10?,13?,18?/m0/s1. The van der Waals surface area contributed by atoms with Gasteiger partial charge in [-0.3, -0.25) is 4.79 Å². The Hall–Kier alpha value is -1.53. The maximum atomic E-state index is 12.1. The van der Waals surface area contributed by atoms with Gasteiger partial charge in [0.2, 0.25) is 5.91 Å². The van der Waals surface area contributed by atoms with Gasteiger partial charge in [-0.25, -0.2) is 0 Å². The lowest BCUT2D eigenvalue weighted by Crippen LogP contribution is -2.41. The lowest BCUT2D eigenvalue weighted by Gasteiger charge is -2.35. The summed E-state index contributed by atoms with van der Waals surface area (Å²) in [7, 11) is 1.61. The van der Waals surface area contributed by atoms with E-state index in [0.717, 1.165) is 34.9 Å². The van der Waals surface area contributed by atoms with E-state index in [-0.39, 0.29) is 23.3 Å². The van der Waals surface area contributed by atoms with Crippen LogP contribution in [0.2, 0.25) is 0 Å². The summed E-state index contributed by atoms with van der Waals surface area (Å²) in [6.07, 6.45) is 6.24. The van der Waals surface area contributed by atoms with Gasteiger partial charge in [-0.1, -0.05) is 34.5 Å². The van der Waals surface area contributed by atoms with Crippen molar-refractivity contribution in [3.8, 4) is 11.5 Å². The van der Waals surface area contributed by atoms with Crippen LogP contribution in [0.4, 0.5) is 0 Å². The summed E-state index contributed by atoms with van der Waals surface area (Å²) >= 11 is 3.61. The number of aliphatic hydroxyl groups excluding tert-OH is 1. The molecule has 1 amide bonds. The number of nitrogens with two attached hydrogens (primary N) is 1. The molecule has 0 saturated carbocycles. The molecule has 5 nitrogen and oxygen atoms in total. The van der Waals surface area contributed by atoms with Crippen LogP contribution in [-0.4, -0.2) is 30.3 Å². The van der Waals surface area contributed by atoms with Crippen LogP contribution in [0.1, 0.15) is 42.7 Å². The fourth-order valence-electron chi connectivity index (χ4n) is 4.53. The number of aliphatic hydroxyl groups is 1. The number of ether oxygens (including phenoxy) is 2. The molecule has 2 aliphatic carbocycles. The van der Waals surface area contributed by atoms with Crippen LogP contribution in [-0.2, 0) is 10.2 Å². The van der Waals surface area contributed by atoms with Gasteiger partial charge in [0.25, 0.3) is 0 Å². The Morgan fingerprint density at radius 3 is 3.04 bits per heavy atom. The third kappa shape index (κ3) is 2.05. The molecule has 4 rings (SSSR count). The molecular weight excluding hydrogens is 374 g/mol. The monoisotopic (exact) mass is 393 g/mol. The minimum atomic E-state index is -0.511. The molecule has 1 heterocycles. The van der Waals surface area contributed by atoms with E-state index in [4.69, 9.17) is 15.2 Å². The Kier molecular flexibility index (Phi) is 3.65. The first-order valence-corrected chi connectivity index (χ1v) is 9.01. The summed E-state index contributed by atoms with van der Waals surface area (Å²) in [4.78, 5) is 12.1. The van der Waals surface area contributed by atoms with Crippen LogP contribution in [0.5, 0.6) is 11.5 Å². The lowest BCUT2D eigenvalue weighted by molar-refractivity contribution is -0.119. The van der Waals surface area contributed by atoms with Crippen molar-refractivity contribution in [2.45, 2.75) is 49.2 Å². The van der Waals surface area contributed by atoms with Crippen LogP contribution in [0.25, 0.3) is 0 Å².